The van der Waals surface area contributed by atoms with Gasteiger partial charge in [-0.1, -0.05) is 18.1 Å². The average Bonchev–Trinajstić information content (AvgIpc) is 3.82. The average molecular weight is 724 g/mol. The molecule has 1 saturated heterocycles. The van der Waals surface area contributed by atoms with Gasteiger partial charge in [0.25, 0.3) is 17.9 Å². The summed E-state index contributed by atoms with van der Waals surface area (Å²) in [4.78, 5) is 56.5. The molecule has 0 spiro atoms. The van der Waals surface area contributed by atoms with Crippen LogP contribution in [0.15, 0.2) is 34.5 Å². The van der Waals surface area contributed by atoms with E-state index in [0.717, 1.165) is 18.9 Å². The Kier molecular flexibility index (Phi) is 11.5. The molecule has 3 aliphatic rings. The van der Waals surface area contributed by atoms with E-state index < -0.39 is 65.4 Å². The number of allylic oxidation sites excluding steroid dienone is 1. The van der Waals surface area contributed by atoms with E-state index >= 15 is 4.39 Å². The smallest absolute Gasteiger partial charge is 0.321 e. The Balaban J connectivity index is 1.35. The van der Waals surface area contributed by atoms with Crippen molar-refractivity contribution < 1.29 is 45.8 Å². The summed E-state index contributed by atoms with van der Waals surface area (Å²) in [5, 5.41) is 14.8. The van der Waals surface area contributed by atoms with Crippen LogP contribution in [0.25, 0.3) is 0 Å². The molecule has 2 aliphatic carbocycles. The fourth-order valence-electron chi connectivity index (χ4n) is 6.53. The second-order valence-corrected chi connectivity index (χ2v) is 13.9. The van der Waals surface area contributed by atoms with E-state index in [1.54, 1.807) is 0 Å². The van der Waals surface area contributed by atoms with Crippen LogP contribution in [-0.4, -0.2) is 94.5 Å². The molecule has 1 aliphatic heterocycles. The molecule has 17 heteroatoms. The van der Waals surface area contributed by atoms with Crippen LogP contribution in [-0.2, 0) is 14.4 Å². The topological polar surface area (TPSA) is 150 Å². The van der Waals surface area contributed by atoms with Crippen molar-refractivity contribution in [3.8, 4) is 0 Å². The first-order chi connectivity index (χ1) is 24.0. The third-order valence-corrected chi connectivity index (χ3v) is 10.1. The summed E-state index contributed by atoms with van der Waals surface area (Å²) >= 11 is 0. The maximum absolute atomic E-state index is 15.7. The Hall–Kier alpha value is -4.41. The molecule has 0 bridgehead atoms. The van der Waals surface area contributed by atoms with Crippen LogP contribution in [0.2, 0.25) is 0 Å². The number of piperazine rings is 1. The van der Waals surface area contributed by atoms with Gasteiger partial charge in [-0.3, -0.25) is 19.2 Å². The normalized spacial score (nSPS) is 21.7. The molecule has 1 unspecified atom stereocenters. The lowest BCUT2D eigenvalue weighted by Crippen LogP contribution is -2.59. The number of rotatable bonds is 11. The fourth-order valence-corrected chi connectivity index (χ4v) is 6.53. The van der Waals surface area contributed by atoms with Crippen molar-refractivity contribution in [2.45, 2.75) is 95.2 Å². The minimum Gasteiger partial charge on any atom is -0.339 e. The van der Waals surface area contributed by atoms with Crippen molar-refractivity contribution in [1.29, 1.82) is 0 Å². The summed E-state index contributed by atoms with van der Waals surface area (Å²) in [6, 6.07) is 0.903. The molecule has 2 heterocycles. The third kappa shape index (κ3) is 8.91. The summed E-state index contributed by atoms with van der Waals surface area (Å²) in [7, 11) is 1.89. The first kappa shape index (κ1) is 37.8. The monoisotopic (exact) mass is 723 g/mol. The van der Waals surface area contributed by atoms with E-state index in [2.05, 4.69) is 26.3 Å². The first-order valence-electron chi connectivity index (χ1n) is 17.0. The van der Waals surface area contributed by atoms with Gasteiger partial charge in [-0.05, 0) is 86.8 Å². The van der Waals surface area contributed by atoms with Gasteiger partial charge in [0.2, 0.25) is 11.8 Å². The molecule has 3 fully saturated rings. The van der Waals surface area contributed by atoms with Crippen molar-refractivity contribution in [1.82, 2.24) is 30.7 Å². The van der Waals surface area contributed by atoms with Crippen LogP contribution in [0.1, 0.15) is 92.9 Å². The first-order valence-corrected chi connectivity index (χ1v) is 17.0. The highest BCUT2D eigenvalue weighted by molar-refractivity contribution is 6.01. The Morgan fingerprint density at radius 1 is 1.02 bits per heavy atom. The Bertz CT molecular complexity index is 1660. The van der Waals surface area contributed by atoms with Gasteiger partial charge in [-0.25, -0.2) is 9.02 Å². The highest BCUT2D eigenvalue weighted by atomic mass is 19.3. The van der Waals surface area contributed by atoms with Gasteiger partial charge in [0.1, 0.15) is 23.6 Å². The molecule has 12 nitrogen and oxygen atoms in total. The van der Waals surface area contributed by atoms with E-state index in [1.807, 2.05) is 18.9 Å². The molecule has 4 atom stereocenters. The van der Waals surface area contributed by atoms with Gasteiger partial charge in [-0.15, -0.1) is 0 Å². The van der Waals surface area contributed by atoms with E-state index in [1.165, 1.54) is 24.0 Å². The zero-order chi connectivity index (χ0) is 37.2. The minimum atomic E-state index is -3.78. The van der Waals surface area contributed by atoms with Gasteiger partial charge in [0, 0.05) is 44.4 Å². The van der Waals surface area contributed by atoms with Gasteiger partial charge < -0.3 is 25.8 Å². The maximum Gasteiger partial charge on any atom is 0.321 e. The van der Waals surface area contributed by atoms with Crippen LogP contribution in [0.5, 0.6) is 0 Å². The van der Waals surface area contributed by atoms with Crippen LogP contribution >= 0.6 is 0 Å². The van der Waals surface area contributed by atoms with Crippen molar-refractivity contribution in [2.24, 2.45) is 5.92 Å². The zero-order valence-corrected chi connectivity index (χ0v) is 28.8. The van der Waals surface area contributed by atoms with E-state index in [9.17, 15) is 36.7 Å². The lowest BCUT2D eigenvalue weighted by atomic mass is 9.81. The molecule has 0 radical (unpaired) electrons. The fraction of sp³-hybridized carbons (Fsp3) is 0.588. The quantitative estimate of drug-likeness (QED) is 0.286. The minimum absolute atomic E-state index is 0.000904. The predicted octanol–water partition coefficient (Wildman–Crippen LogP) is 4.57. The van der Waals surface area contributed by atoms with Crippen molar-refractivity contribution in [2.75, 3.05) is 32.0 Å². The number of benzene rings is 1. The molecule has 278 valence electrons. The SMILES string of the molecule is C[C@@H]1CN(C(=O)[C@H](NC(=O)C(C)(F)F)[C@@H](C)c2ccc(NC(=O)C(NC(=O)c3nonc3C3CC3)C3CCC(=C(F)F)CC3)c(F)c2)CCN1C. The Morgan fingerprint density at radius 2 is 1.71 bits per heavy atom. The number of anilines is 1. The molecule has 4 amide bonds. The van der Waals surface area contributed by atoms with Crippen LogP contribution in [0, 0.1) is 11.7 Å². The zero-order valence-electron chi connectivity index (χ0n) is 28.8. The summed E-state index contributed by atoms with van der Waals surface area (Å²) in [5.74, 6) is -10.1. The molecular formula is C34H42F5N7O5. The number of hydrogen-bond acceptors (Lipinski definition) is 8. The number of aromatic nitrogens is 2. The highest BCUT2D eigenvalue weighted by Crippen LogP contribution is 2.40. The van der Waals surface area contributed by atoms with Crippen LogP contribution in [0.4, 0.5) is 27.6 Å². The lowest BCUT2D eigenvalue weighted by molar-refractivity contribution is -0.148. The van der Waals surface area contributed by atoms with Gasteiger partial charge >= 0.3 is 5.92 Å². The molecule has 2 aromatic rings. The number of hydrogen-bond donors (Lipinski definition) is 3. The van der Waals surface area contributed by atoms with E-state index in [4.69, 9.17) is 4.63 Å². The van der Waals surface area contributed by atoms with Crippen LogP contribution in [0.3, 0.4) is 0 Å². The molecule has 5 rings (SSSR count). The maximum atomic E-state index is 15.7. The standard InChI is InChI=1S/C34H42F5N7O5/c1-17-16-46(14-13-45(17)4)32(49)25(42-33(50)34(3,38)39)18(2)22-11-12-24(23(35)15-22)40-30(47)27(20-7-9-21(10-8-20)29(36)37)41-31(48)28-26(19-5-6-19)43-51-44-28/h11-12,15,17-20,25,27H,5-10,13-14,16H2,1-4H3,(H,40,47)(H,41,48)(H,42,50)/t17-,18+,25-,27?/m1/s1. The number of halogens is 5. The second kappa shape index (κ2) is 15.5. The highest BCUT2D eigenvalue weighted by Gasteiger charge is 2.41. The number of nitrogens with one attached hydrogen (secondary N) is 3. The van der Waals surface area contributed by atoms with Gasteiger partial charge in [-0.2, -0.15) is 17.6 Å². The van der Waals surface area contributed by atoms with Crippen molar-refractivity contribution in [3.63, 3.8) is 0 Å². The van der Waals surface area contributed by atoms with Crippen molar-refractivity contribution >= 4 is 29.3 Å². The predicted molar refractivity (Wildman–Crippen MR) is 173 cm³/mol. The summed E-state index contributed by atoms with van der Waals surface area (Å²) in [6.45, 7) is 4.93. The molecule has 51 heavy (non-hydrogen) atoms. The Morgan fingerprint density at radius 3 is 2.29 bits per heavy atom. The summed E-state index contributed by atoms with van der Waals surface area (Å²) in [5.41, 5.74) is 0.134. The molecule has 3 N–H and O–H groups in total. The number of alkyl halides is 2. The van der Waals surface area contributed by atoms with Crippen molar-refractivity contribution in [3.05, 3.63) is 52.6 Å². The largest absolute Gasteiger partial charge is 0.339 e. The molecular weight excluding hydrogens is 681 g/mol. The van der Waals surface area contributed by atoms with Gasteiger partial charge in [0.15, 0.2) is 5.69 Å². The number of carbonyl (C=O) groups is 4. The summed E-state index contributed by atoms with van der Waals surface area (Å²) in [6.07, 6.45) is 0.143. The van der Waals surface area contributed by atoms with Crippen LogP contribution < -0.4 is 16.0 Å². The number of carbonyl (C=O) groups excluding carboxylic acids is 4. The summed E-state index contributed by atoms with van der Waals surface area (Å²) < 4.78 is 74.9. The lowest BCUT2D eigenvalue weighted by Gasteiger charge is -2.40. The van der Waals surface area contributed by atoms with E-state index in [0.29, 0.717) is 32.3 Å². The number of likely N-dealkylation sites (N-methyl/N-ethyl adjacent to an activating group) is 1. The van der Waals surface area contributed by atoms with Gasteiger partial charge in [0.05, 0.1) is 5.69 Å². The molecule has 1 aromatic heterocycles. The Labute approximate surface area is 291 Å². The molecule has 1 aromatic carbocycles. The molecule has 2 saturated carbocycles. The van der Waals surface area contributed by atoms with E-state index in [-0.39, 0.29) is 60.2 Å². The number of nitrogens with zero attached hydrogens (tertiary/aromatic N) is 4. The number of amides is 4. The second-order valence-electron chi connectivity index (χ2n) is 13.9. The third-order valence-electron chi connectivity index (χ3n) is 10.1.